The Morgan fingerprint density at radius 1 is 1.85 bits per heavy atom. The molecule has 70 valence electrons. The Balaban J connectivity index is 3.30. The van der Waals surface area contributed by atoms with Gasteiger partial charge in [0.25, 0.3) is 0 Å². The third-order valence-corrected chi connectivity index (χ3v) is 1.51. The maximum atomic E-state index is 10.5. The smallest absolute Gasteiger partial charge is 0.359 e. The topological polar surface area (TPSA) is 98.3 Å². The lowest BCUT2D eigenvalue weighted by atomic mass is 10.3. The van der Waals surface area contributed by atoms with Crippen LogP contribution in [0.25, 0.3) is 0 Å². The van der Waals surface area contributed by atoms with E-state index in [1.165, 1.54) is 0 Å². The van der Waals surface area contributed by atoms with Crippen molar-refractivity contribution in [3.8, 4) is 0 Å². The van der Waals surface area contributed by atoms with Crippen LogP contribution in [0.3, 0.4) is 0 Å². The second-order valence-electron chi connectivity index (χ2n) is 2.26. The molecule has 0 saturated carbocycles. The average molecular weight is 185 g/mol. The first-order valence-electron chi connectivity index (χ1n) is 3.51. The van der Waals surface area contributed by atoms with E-state index >= 15 is 0 Å². The predicted octanol–water partition coefficient (Wildman–Crippen LogP) is 0.509. The van der Waals surface area contributed by atoms with Crippen molar-refractivity contribution in [1.82, 2.24) is 9.78 Å². The van der Waals surface area contributed by atoms with Gasteiger partial charge in [0, 0.05) is 0 Å². The van der Waals surface area contributed by atoms with Crippen LogP contribution < -0.4 is 0 Å². The van der Waals surface area contributed by atoms with Crippen molar-refractivity contribution in [3.63, 3.8) is 0 Å². The minimum absolute atomic E-state index is 0.267. The zero-order valence-electron chi connectivity index (χ0n) is 6.80. The fraction of sp³-hybridized carbons (Fsp3) is 0.333. The second kappa shape index (κ2) is 3.21. The van der Waals surface area contributed by atoms with Crippen molar-refractivity contribution < 1.29 is 14.8 Å². The molecule has 0 aromatic carbocycles. The number of carboxylic acids is 1. The first-order valence-corrected chi connectivity index (χ1v) is 3.51. The van der Waals surface area contributed by atoms with Gasteiger partial charge in [-0.05, 0) is 11.8 Å². The van der Waals surface area contributed by atoms with Gasteiger partial charge >= 0.3 is 11.8 Å². The highest BCUT2D eigenvalue weighted by molar-refractivity contribution is 5.91. The molecule has 7 heteroatoms. The van der Waals surface area contributed by atoms with Gasteiger partial charge in [-0.25, -0.2) is 4.79 Å². The second-order valence-corrected chi connectivity index (χ2v) is 2.26. The monoisotopic (exact) mass is 185 g/mol. The zero-order valence-corrected chi connectivity index (χ0v) is 6.80. The van der Waals surface area contributed by atoms with Crippen LogP contribution in [0, 0.1) is 10.1 Å². The molecule has 13 heavy (non-hydrogen) atoms. The summed E-state index contributed by atoms with van der Waals surface area (Å²) in [6, 6.07) is 0. The van der Waals surface area contributed by atoms with Crippen molar-refractivity contribution in [3.05, 3.63) is 21.9 Å². The van der Waals surface area contributed by atoms with Crippen molar-refractivity contribution in [2.45, 2.75) is 13.5 Å². The number of nitrogens with zero attached hydrogens (tertiary/aromatic N) is 3. The van der Waals surface area contributed by atoms with Gasteiger partial charge in [-0.1, -0.05) is 5.10 Å². The summed E-state index contributed by atoms with van der Waals surface area (Å²) < 4.78 is 1.03. The molecule has 0 spiro atoms. The zero-order chi connectivity index (χ0) is 10.0. The Bertz CT molecular complexity index is 357. The van der Waals surface area contributed by atoms with E-state index in [1.54, 1.807) is 6.92 Å². The Labute approximate surface area is 72.7 Å². The molecule has 1 N–H and O–H groups in total. The van der Waals surface area contributed by atoms with E-state index in [0.29, 0.717) is 0 Å². The van der Waals surface area contributed by atoms with Crippen LogP contribution >= 0.6 is 0 Å². The number of aryl methyl sites for hydroxylation is 1. The van der Waals surface area contributed by atoms with E-state index in [2.05, 4.69) is 5.10 Å². The number of carbonyl (C=O) groups is 1. The molecular weight excluding hydrogens is 178 g/mol. The molecule has 1 aromatic rings. The first kappa shape index (κ1) is 9.17. The Morgan fingerprint density at radius 3 is 2.85 bits per heavy atom. The van der Waals surface area contributed by atoms with Crippen LogP contribution in [0.2, 0.25) is 0 Å². The molecular formula is C6H7N3O4. The molecule has 0 radical (unpaired) electrons. The number of rotatable bonds is 3. The Hall–Kier alpha value is -1.92. The van der Waals surface area contributed by atoms with Crippen LogP contribution in [-0.2, 0) is 6.54 Å². The highest BCUT2D eigenvalue weighted by Crippen LogP contribution is 2.17. The summed E-state index contributed by atoms with van der Waals surface area (Å²) in [5, 5.41) is 22.6. The minimum atomic E-state index is -1.34. The van der Waals surface area contributed by atoms with Gasteiger partial charge in [0.1, 0.15) is 6.54 Å². The number of hydrogen-bond acceptors (Lipinski definition) is 4. The van der Waals surface area contributed by atoms with Crippen molar-refractivity contribution >= 4 is 11.8 Å². The maximum absolute atomic E-state index is 10.5. The first-order chi connectivity index (χ1) is 6.07. The normalized spacial score (nSPS) is 9.92. The molecule has 0 aliphatic heterocycles. The summed E-state index contributed by atoms with van der Waals surface area (Å²) in [5.41, 5.74) is -0.383. The largest absolute Gasteiger partial charge is 0.477 e. The van der Waals surface area contributed by atoms with Crippen molar-refractivity contribution in [1.29, 1.82) is 0 Å². The number of carboxylic acid groups (broad SMARTS) is 1. The number of aromatic carboxylic acids is 1. The van der Waals surface area contributed by atoms with Gasteiger partial charge in [0.15, 0.2) is 5.56 Å². The number of aromatic nitrogens is 2. The van der Waals surface area contributed by atoms with Gasteiger partial charge in [0.2, 0.25) is 0 Å². The molecule has 0 unspecified atom stereocenters. The van der Waals surface area contributed by atoms with E-state index in [-0.39, 0.29) is 12.1 Å². The molecule has 0 bridgehead atoms. The molecule has 0 saturated heterocycles. The van der Waals surface area contributed by atoms with Gasteiger partial charge in [-0.15, -0.1) is 4.68 Å². The summed E-state index contributed by atoms with van der Waals surface area (Å²) in [5.74, 6) is -1.82. The van der Waals surface area contributed by atoms with Gasteiger partial charge in [-0.3, -0.25) is 0 Å². The standard InChI is InChI=1S/C6H7N3O4/c1-2-8-5(9(12)13)4(3-7-8)6(10)11/h3H,2H2,1H3,(H,10,11). The predicted molar refractivity (Wildman–Crippen MR) is 41.5 cm³/mol. The van der Waals surface area contributed by atoms with E-state index in [9.17, 15) is 14.9 Å². The molecule has 1 heterocycles. The van der Waals surface area contributed by atoms with Crippen molar-refractivity contribution in [2.75, 3.05) is 0 Å². The molecule has 0 aliphatic carbocycles. The lowest BCUT2D eigenvalue weighted by Crippen LogP contribution is -2.06. The third-order valence-electron chi connectivity index (χ3n) is 1.51. The minimum Gasteiger partial charge on any atom is -0.477 e. The number of hydrogen-bond donors (Lipinski definition) is 1. The highest BCUT2D eigenvalue weighted by atomic mass is 16.6. The van der Waals surface area contributed by atoms with E-state index in [4.69, 9.17) is 5.11 Å². The lowest BCUT2D eigenvalue weighted by Gasteiger charge is -1.95. The Kier molecular flexibility index (Phi) is 2.27. The summed E-state index contributed by atoms with van der Waals surface area (Å²) in [7, 11) is 0. The number of nitro groups is 1. The van der Waals surface area contributed by atoms with Crippen LogP contribution in [0.1, 0.15) is 17.3 Å². The summed E-state index contributed by atoms with van der Waals surface area (Å²) in [4.78, 5) is 20.2. The summed E-state index contributed by atoms with van der Waals surface area (Å²) in [6.07, 6.45) is 0.976. The fourth-order valence-corrected chi connectivity index (χ4v) is 0.954. The van der Waals surface area contributed by atoms with Gasteiger partial charge < -0.3 is 15.2 Å². The average Bonchev–Trinajstić information content (AvgIpc) is 2.46. The van der Waals surface area contributed by atoms with Crippen LogP contribution in [0.4, 0.5) is 5.82 Å². The van der Waals surface area contributed by atoms with Crippen molar-refractivity contribution in [2.24, 2.45) is 0 Å². The maximum Gasteiger partial charge on any atom is 0.359 e. The summed E-state index contributed by atoms with van der Waals surface area (Å²) >= 11 is 0. The van der Waals surface area contributed by atoms with Crippen LogP contribution in [-0.4, -0.2) is 25.8 Å². The highest BCUT2D eigenvalue weighted by Gasteiger charge is 2.25. The van der Waals surface area contributed by atoms with Gasteiger partial charge in [-0.2, -0.15) is 0 Å². The Morgan fingerprint density at radius 2 is 2.46 bits per heavy atom. The van der Waals surface area contributed by atoms with E-state index < -0.39 is 16.7 Å². The third kappa shape index (κ3) is 1.48. The molecule has 1 aromatic heterocycles. The lowest BCUT2D eigenvalue weighted by molar-refractivity contribution is -0.392. The summed E-state index contributed by atoms with van der Waals surface area (Å²) in [6.45, 7) is 1.91. The fourth-order valence-electron chi connectivity index (χ4n) is 0.954. The van der Waals surface area contributed by atoms with Crippen LogP contribution in [0.15, 0.2) is 6.20 Å². The molecule has 0 aliphatic rings. The molecule has 0 fully saturated rings. The molecule has 1 rings (SSSR count). The molecule has 0 atom stereocenters. The molecule has 7 nitrogen and oxygen atoms in total. The van der Waals surface area contributed by atoms with E-state index in [1.807, 2.05) is 0 Å². The SMILES string of the molecule is CCn1ncc(C(=O)O)c1[N+](=O)[O-]. The van der Waals surface area contributed by atoms with Crippen LogP contribution in [0.5, 0.6) is 0 Å². The quantitative estimate of drug-likeness (QED) is 0.546. The molecule has 0 amide bonds. The van der Waals surface area contributed by atoms with Gasteiger partial charge in [0.05, 0.1) is 6.20 Å². The van der Waals surface area contributed by atoms with E-state index in [0.717, 1.165) is 10.9 Å².